The van der Waals surface area contributed by atoms with Gasteiger partial charge in [0.05, 0.1) is 5.75 Å². The molecular formula is C28H32F2N2O4S2. The van der Waals surface area contributed by atoms with E-state index in [2.05, 4.69) is 0 Å². The van der Waals surface area contributed by atoms with Gasteiger partial charge in [0, 0.05) is 52.1 Å². The van der Waals surface area contributed by atoms with Gasteiger partial charge in [-0.25, -0.2) is 17.2 Å². The van der Waals surface area contributed by atoms with Crippen LogP contribution in [0.5, 0.6) is 0 Å². The van der Waals surface area contributed by atoms with Crippen molar-refractivity contribution < 1.29 is 22.0 Å². The number of rotatable bonds is 10. The van der Waals surface area contributed by atoms with Crippen molar-refractivity contribution in [2.24, 2.45) is 12.2 Å². The third-order valence-electron chi connectivity index (χ3n) is 6.55. The molecule has 6 nitrogen and oxygen atoms in total. The minimum Gasteiger partial charge on any atom is -0.318 e. The van der Waals surface area contributed by atoms with Crippen LogP contribution in [0.25, 0.3) is 11.1 Å². The minimum absolute atomic E-state index is 0.0219. The number of pyridine rings is 1. The lowest BCUT2D eigenvalue weighted by Crippen LogP contribution is -2.23. The van der Waals surface area contributed by atoms with Crippen LogP contribution in [0, 0.1) is 11.6 Å². The van der Waals surface area contributed by atoms with E-state index in [1.807, 2.05) is 20.8 Å². The monoisotopic (exact) mass is 562 g/mol. The molecule has 0 aliphatic carbocycles. The van der Waals surface area contributed by atoms with Gasteiger partial charge in [0.25, 0.3) is 5.56 Å². The molecule has 2 aromatic carbocycles. The quantitative estimate of drug-likeness (QED) is 0.263. The van der Waals surface area contributed by atoms with Gasteiger partial charge in [0.2, 0.25) is 0 Å². The van der Waals surface area contributed by atoms with Crippen molar-refractivity contribution in [1.29, 1.82) is 0 Å². The number of nitrogens with two attached hydrogens (primary N) is 1. The summed E-state index contributed by atoms with van der Waals surface area (Å²) < 4.78 is 54.6. The summed E-state index contributed by atoms with van der Waals surface area (Å²) in [4.78, 5) is 26.2. The number of aryl methyl sites for hydroxylation is 1. The van der Waals surface area contributed by atoms with Gasteiger partial charge in [-0.1, -0.05) is 25.8 Å². The molecule has 0 amide bonds. The van der Waals surface area contributed by atoms with Crippen LogP contribution in [0.15, 0.2) is 53.5 Å². The Morgan fingerprint density at radius 3 is 2.32 bits per heavy atom. The van der Waals surface area contributed by atoms with Crippen LogP contribution in [0.4, 0.5) is 8.78 Å². The number of hydrogen-bond acceptors (Lipinski definition) is 6. The average molecular weight is 563 g/mol. The summed E-state index contributed by atoms with van der Waals surface area (Å²) in [5.41, 5.74) is 1.18. The fourth-order valence-electron chi connectivity index (χ4n) is 4.41. The van der Waals surface area contributed by atoms with Gasteiger partial charge in [-0.3, -0.25) is 14.7 Å². The Kier molecular flexibility index (Phi) is 9.00. The maximum atomic E-state index is 15.3. The van der Waals surface area contributed by atoms with Gasteiger partial charge in [-0.2, -0.15) is 0 Å². The van der Waals surface area contributed by atoms with E-state index >= 15 is 4.39 Å². The zero-order valence-corrected chi connectivity index (χ0v) is 23.7. The summed E-state index contributed by atoms with van der Waals surface area (Å²) in [6, 6.07) is 8.77. The number of benzene rings is 2. The smallest absolute Gasteiger partial charge is 0.250 e. The van der Waals surface area contributed by atoms with Crippen LogP contribution in [0.1, 0.15) is 67.1 Å². The van der Waals surface area contributed by atoms with Crippen molar-refractivity contribution >= 4 is 27.6 Å². The topological polar surface area (TPSA) is 99.2 Å². The van der Waals surface area contributed by atoms with Crippen molar-refractivity contribution in [3.8, 4) is 11.1 Å². The molecule has 0 bridgehead atoms. The van der Waals surface area contributed by atoms with Crippen LogP contribution in [0.3, 0.4) is 0 Å². The molecule has 0 aliphatic rings. The second kappa shape index (κ2) is 11.5. The maximum Gasteiger partial charge on any atom is 0.250 e. The standard InChI is InChI=1S/C28H32F2N2O4S2/c1-6-38(35,36)16-19-11-22(23(12-25(19)30)27(34)18-7-9-20(29)10-8-18)24-15-32(5)26(33)13-21(24)17(2)14-28(3,4)37-31/h7-13,15,17H,6,14,16,31H2,1-5H3/t17-/m0/s1. The number of halogens is 2. The molecule has 3 aromatic rings. The fourth-order valence-corrected chi connectivity index (χ4v) is 5.65. The Morgan fingerprint density at radius 1 is 1.11 bits per heavy atom. The lowest BCUT2D eigenvalue weighted by Gasteiger charge is -2.27. The highest BCUT2D eigenvalue weighted by Crippen LogP contribution is 2.38. The van der Waals surface area contributed by atoms with E-state index in [1.54, 1.807) is 13.2 Å². The number of hydrogen-bond donors (Lipinski definition) is 1. The van der Waals surface area contributed by atoms with E-state index in [9.17, 15) is 22.4 Å². The molecule has 204 valence electrons. The normalized spacial score (nSPS) is 12.9. The fraction of sp³-hybridized carbons (Fsp3) is 0.357. The Morgan fingerprint density at radius 2 is 1.74 bits per heavy atom. The second-order valence-electron chi connectivity index (χ2n) is 10.1. The van der Waals surface area contributed by atoms with Crippen LogP contribution in [0.2, 0.25) is 0 Å². The zero-order chi connectivity index (χ0) is 28.4. The van der Waals surface area contributed by atoms with Gasteiger partial charge < -0.3 is 4.57 Å². The number of sulfone groups is 1. The van der Waals surface area contributed by atoms with Crippen LogP contribution >= 0.6 is 11.9 Å². The predicted octanol–water partition coefficient (Wildman–Crippen LogP) is 5.38. The van der Waals surface area contributed by atoms with Crippen molar-refractivity contribution in [2.75, 3.05) is 5.75 Å². The Labute approximate surface area is 226 Å². The molecule has 3 rings (SSSR count). The van der Waals surface area contributed by atoms with Crippen molar-refractivity contribution in [3.05, 3.63) is 92.9 Å². The summed E-state index contributed by atoms with van der Waals surface area (Å²) in [5, 5.41) is 5.86. The molecule has 0 aliphatic heterocycles. The molecule has 0 fully saturated rings. The molecule has 1 heterocycles. The Hall–Kier alpha value is -2.82. The van der Waals surface area contributed by atoms with Gasteiger partial charge in [-0.15, -0.1) is 0 Å². The first kappa shape index (κ1) is 29.7. The van der Waals surface area contributed by atoms with Crippen LogP contribution in [-0.2, 0) is 22.6 Å². The molecule has 0 saturated heterocycles. The molecule has 0 spiro atoms. The van der Waals surface area contributed by atoms with E-state index in [-0.39, 0.29) is 44.2 Å². The van der Waals surface area contributed by atoms with E-state index in [4.69, 9.17) is 5.14 Å². The number of ketones is 1. The molecule has 0 saturated carbocycles. The predicted molar refractivity (Wildman–Crippen MR) is 149 cm³/mol. The Bertz CT molecular complexity index is 1520. The number of aromatic nitrogens is 1. The first-order valence-electron chi connectivity index (χ1n) is 12.1. The molecule has 0 unspecified atom stereocenters. The first-order chi connectivity index (χ1) is 17.7. The van der Waals surface area contributed by atoms with Gasteiger partial charge in [0.15, 0.2) is 15.6 Å². The van der Waals surface area contributed by atoms with Crippen LogP contribution < -0.4 is 10.7 Å². The lowest BCUT2D eigenvalue weighted by molar-refractivity contribution is 0.103. The lowest BCUT2D eigenvalue weighted by atomic mass is 9.84. The summed E-state index contributed by atoms with van der Waals surface area (Å²) >= 11 is 1.19. The largest absolute Gasteiger partial charge is 0.318 e. The maximum absolute atomic E-state index is 15.3. The molecule has 1 aromatic heterocycles. The highest BCUT2D eigenvalue weighted by atomic mass is 32.2. The Balaban J connectivity index is 2.34. The molecular weight excluding hydrogens is 530 g/mol. The molecule has 10 heteroatoms. The number of carbonyl (C=O) groups is 1. The van der Waals surface area contributed by atoms with E-state index in [1.165, 1.54) is 47.7 Å². The summed E-state index contributed by atoms with van der Waals surface area (Å²) in [5.74, 6) is -2.83. The van der Waals surface area contributed by atoms with Gasteiger partial charge in [-0.05, 0) is 73.7 Å². The van der Waals surface area contributed by atoms with Gasteiger partial charge >= 0.3 is 0 Å². The zero-order valence-electron chi connectivity index (χ0n) is 22.0. The highest BCUT2D eigenvalue weighted by molar-refractivity contribution is 7.98. The second-order valence-corrected chi connectivity index (χ2v) is 13.8. The van der Waals surface area contributed by atoms with Crippen molar-refractivity contribution in [3.63, 3.8) is 0 Å². The van der Waals surface area contributed by atoms with Gasteiger partial charge in [0.1, 0.15) is 11.6 Å². The summed E-state index contributed by atoms with van der Waals surface area (Å²) in [6.07, 6.45) is 2.16. The summed E-state index contributed by atoms with van der Waals surface area (Å²) in [7, 11) is -2.03. The molecule has 38 heavy (non-hydrogen) atoms. The minimum atomic E-state index is -3.59. The van der Waals surface area contributed by atoms with E-state index < -0.39 is 33.0 Å². The van der Waals surface area contributed by atoms with E-state index in [0.717, 1.165) is 18.2 Å². The van der Waals surface area contributed by atoms with Crippen molar-refractivity contribution in [2.45, 2.75) is 50.5 Å². The number of carbonyl (C=O) groups excluding carboxylic acids is 1. The molecule has 1 atom stereocenters. The summed E-state index contributed by atoms with van der Waals surface area (Å²) in [6.45, 7) is 7.36. The molecule has 0 radical (unpaired) electrons. The SMILES string of the molecule is CCS(=O)(=O)Cc1cc(-c2cn(C)c(=O)cc2[C@@H](C)CC(C)(C)SN)c(C(=O)c2ccc(F)cc2)cc1F. The average Bonchev–Trinajstić information content (AvgIpc) is 2.86. The number of nitrogens with zero attached hydrogens (tertiary/aromatic N) is 1. The van der Waals surface area contributed by atoms with Crippen molar-refractivity contribution in [1.82, 2.24) is 4.57 Å². The third kappa shape index (κ3) is 6.78. The molecule has 2 N–H and O–H groups in total. The van der Waals surface area contributed by atoms with E-state index in [0.29, 0.717) is 17.5 Å². The third-order valence-corrected chi connectivity index (χ3v) is 8.99. The van der Waals surface area contributed by atoms with Crippen LogP contribution in [-0.4, -0.2) is 29.3 Å². The highest BCUT2D eigenvalue weighted by Gasteiger charge is 2.27. The first-order valence-corrected chi connectivity index (χ1v) is 14.8.